The van der Waals surface area contributed by atoms with Gasteiger partial charge in [-0.15, -0.1) is 0 Å². The van der Waals surface area contributed by atoms with E-state index in [9.17, 15) is 4.79 Å². The first-order valence-corrected chi connectivity index (χ1v) is 6.73. The number of benzene rings is 1. The average Bonchev–Trinajstić information content (AvgIpc) is 2.27. The summed E-state index contributed by atoms with van der Waals surface area (Å²) in [4.78, 5) is 13.9. The van der Waals surface area contributed by atoms with E-state index in [1.807, 2.05) is 51.1 Å². The molecule has 0 aliphatic heterocycles. The number of ketones is 1. The maximum absolute atomic E-state index is 11.7. The van der Waals surface area contributed by atoms with Crippen molar-refractivity contribution in [1.29, 1.82) is 0 Å². The highest BCUT2D eigenvalue weighted by atomic mass is 16.1. The van der Waals surface area contributed by atoms with Crippen LogP contribution in [-0.4, -0.2) is 30.3 Å². The van der Waals surface area contributed by atoms with Gasteiger partial charge in [0.05, 0.1) is 0 Å². The summed E-state index contributed by atoms with van der Waals surface area (Å²) in [6.45, 7) is 12.4. The van der Waals surface area contributed by atoms with Crippen molar-refractivity contribution in [3.8, 4) is 0 Å². The zero-order chi connectivity index (χ0) is 15.3. The summed E-state index contributed by atoms with van der Waals surface area (Å²) in [6, 6.07) is 9.40. The van der Waals surface area contributed by atoms with Crippen LogP contribution in [0.2, 0.25) is 0 Å². The van der Waals surface area contributed by atoms with Crippen LogP contribution in [0.4, 0.5) is 0 Å². The lowest BCUT2D eigenvalue weighted by Crippen LogP contribution is -2.34. The van der Waals surface area contributed by atoms with Crippen LogP contribution in [0.3, 0.4) is 0 Å². The van der Waals surface area contributed by atoms with E-state index in [4.69, 9.17) is 0 Å². The summed E-state index contributed by atoms with van der Waals surface area (Å²) < 4.78 is 0. The summed E-state index contributed by atoms with van der Waals surface area (Å²) in [5, 5.41) is 0. The molecule has 2 nitrogen and oxygen atoms in total. The van der Waals surface area contributed by atoms with Gasteiger partial charge in [0.1, 0.15) is 0 Å². The Bertz CT molecular complexity index is 380. The van der Waals surface area contributed by atoms with Crippen molar-refractivity contribution in [2.24, 2.45) is 5.41 Å². The van der Waals surface area contributed by atoms with Gasteiger partial charge in [-0.2, -0.15) is 0 Å². The molecule has 0 aliphatic rings. The fraction of sp³-hybridized carbons (Fsp3) is 0.588. The largest absolute Gasteiger partial charge is 0.305 e. The van der Waals surface area contributed by atoms with E-state index in [1.165, 1.54) is 0 Å². The van der Waals surface area contributed by atoms with Crippen molar-refractivity contribution in [1.82, 2.24) is 4.90 Å². The van der Waals surface area contributed by atoms with Crippen LogP contribution < -0.4 is 0 Å². The van der Waals surface area contributed by atoms with Gasteiger partial charge in [0.15, 0.2) is 5.78 Å². The minimum absolute atomic E-state index is 0.197. The summed E-state index contributed by atoms with van der Waals surface area (Å²) in [5.74, 6) is 0.197. The Hall–Kier alpha value is -1.15. The van der Waals surface area contributed by atoms with Crippen LogP contribution in [0, 0.1) is 5.41 Å². The van der Waals surface area contributed by atoms with Crippen molar-refractivity contribution in [3.05, 3.63) is 35.9 Å². The molecule has 0 unspecified atom stereocenters. The second-order valence-corrected chi connectivity index (χ2v) is 7.01. The Kier molecular flexibility index (Phi) is 6.44. The number of hydrogen-bond acceptors (Lipinski definition) is 2. The number of hydrogen-bond donors (Lipinski definition) is 0. The van der Waals surface area contributed by atoms with Crippen molar-refractivity contribution in [2.45, 2.75) is 47.1 Å². The molecule has 108 valence electrons. The molecule has 0 N–H and O–H groups in total. The topological polar surface area (TPSA) is 20.3 Å². The van der Waals surface area contributed by atoms with Gasteiger partial charge in [-0.25, -0.2) is 0 Å². The predicted molar refractivity (Wildman–Crippen MR) is 83.7 cm³/mol. The summed E-state index contributed by atoms with van der Waals surface area (Å²) in [5.41, 5.74) is 0.853. The van der Waals surface area contributed by atoms with E-state index in [0.717, 1.165) is 5.56 Å². The Morgan fingerprint density at radius 3 is 1.53 bits per heavy atom. The van der Waals surface area contributed by atoms with E-state index >= 15 is 0 Å². The first-order chi connectivity index (χ1) is 8.46. The third-order valence-electron chi connectivity index (χ3n) is 3.06. The molecule has 2 heteroatoms. The number of Topliss-reactive ketones (excluding diaryl/α,β-unsaturated/α-hetero) is 1. The molecular weight excluding hydrogens is 234 g/mol. The summed E-state index contributed by atoms with van der Waals surface area (Å²) in [6.07, 6.45) is 0. The lowest BCUT2D eigenvalue weighted by molar-refractivity contribution is 0.0858. The molecule has 1 aromatic carbocycles. The Morgan fingerprint density at radius 1 is 0.895 bits per heavy atom. The van der Waals surface area contributed by atoms with Crippen LogP contribution in [0.25, 0.3) is 0 Å². The van der Waals surface area contributed by atoms with Gasteiger partial charge in [-0.3, -0.25) is 4.79 Å². The molecule has 0 spiro atoms. The molecule has 19 heavy (non-hydrogen) atoms. The van der Waals surface area contributed by atoms with E-state index in [1.54, 1.807) is 0 Å². The molecule has 1 aromatic rings. The Balaban J connectivity index is 0.000000399. The third kappa shape index (κ3) is 7.12. The van der Waals surface area contributed by atoms with Gasteiger partial charge in [0.2, 0.25) is 0 Å². The normalized spacial score (nSPS) is 11.8. The number of rotatable bonds is 1. The number of nitrogens with zero attached hydrogens (tertiary/aromatic N) is 1. The fourth-order valence-corrected chi connectivity index (χ4v) is 1.02. The Labute approximate surface area is 118 Å². The molecule has 0 amide bonds. The maximum atomic E-state index is 11.7. The maximum Gasteiger partial charge on any atom is 0.168 e. The highest BCUT2D eigenvalue weighted by Crippen LogP contribution is 2.20. The van der Waals surface area contributed by atoms with Crippen molar-refractivity contribution < 1.29 is 4.79 Å². The second-order valence-electron chi connectivity index (χ2n) is 7.01. The quantitative estimate of drug-likeness (QED) is 0.706. The molecular formula is C17H29NO. The first kappa shape index (κ1) is 17.8. The number of carbonyl (C=O) groups excluding carboxylic acids is 1. The van der Waals surface area contributed by atoms with E-state index in [-0.39, 0.29) is 11.2 Å². The van der Waals surface area contributed by atoms with E-state index in [2.05, 4.69) is 39.8 Å². The fourth-order valence-electron chi connectivity index (χ4n) is 1.02. The minimum atomic E-state index is -0.276. The molecule has 0 atom stereocenters. The second kappa shape index (κ2) is 6.85. The first-order valence-electron chi connectivity index (χ1n) is 6.73. The lowest BCUT2D eigenvalue weighted by Gasteiger charge is -2.27. The summed E-state index contributed by atoms with van der Waals surface area (Å²) >= 11 is 0. The zero-order valence-electron chi connectivity index (χ0n) is 13.7. The smallest absolute Gasteiger partial charge is 0.168 e. The van der Waals surface area contributed by atoms with Gasteiger partial charge >= 0.3 is 0 Å². The number of carbonyl (C=O) groups is 1. The highest BCUT2D eigenvalue weighted by molar-refractivity contribution is 5.99. The monoisotopic (exact) mass is 263 g/mol. The van der Waals surface area contributed by atoms with E-state index in [0.29, 0.717) is 5.54 Å². The van der Waals surface area contributed by atoms with Crippen LogP contribution in [0.15, 0.2) is 30.3 Å². The molecule has 0 bridgehead atoms. The molecule has 0 fully saturated rings. The SMILES string of the molecule is CC(C)(C)C(=O)c1ccccc1.CN(C)C(C)(C)C. The van der Waals surface area contributed by atoms with Crippen LogP contribution >= 0.6 is 0 Å². The highest BCUT2D eigenvalue weighted by Gasteiger charge is 2.21. The third-order valence-corrected chi connectivity index (χ3v) is 3.06. The van der Waals surface area contributed by atoms with Gasteiger partial charge in [-0.1, -0.05) is 51.1 Å². The molecule has 0 aliphatic carbocycles. The average molecular weight is 263 g/mol. The zero-order valence-corrected chi connectivity index (χ0v) is 13.7. The Morgan fingerprint density at radius 2 is 1.26 bits per heavy atom. The summed E-state index contributed by atoms with van der Waals surface area (Å²) in [7, 11) is 4.17. The van der Waals surface area contributed by atoms with Crippen molar-refractivity contribution in [3.63, 3.8) is 0 Å². The van der Waals surface area contributed by atoms with E-state index < -0.39 is 0 Å². The minimum Gasteiger partial charge on any atom is -0.305 e. The molecule has 1 rings (SSSR count). The molecule has 0 aromatic heterocycles. The lowest BCUT2D eigenvalue weighted by atomic mass is 9.87. The van der Waals surface area contributed by atoms with Gasteiger partial charge in [0.25, 0.3) is 0 Å². The van der Waals surface area contributed by atoms with Crippen molar-refractivity contribution >= 4 is 5.78 Å². The molecule has 0 radical (unpaired) electrons. The van der Waals surface area contributed by atoms with Gasteiger partial charge in [0, 0.05) is 16.5 Å². The van der Waals surface area contributed by atoms with Crippen LogP contribution in [-0.2, 0) is 0 Å². The van der Waals surface area contributed by atoms with Gasteiger partial charge < -0.3 is 4.90 Å². The molecule has 0 saturated heterocycles. The molecule has 0 heterocycles. The van der Waals surface area contributed by atoms with Gasteiger partial charge in [-0.05, 0) is 34.9 Å². The van der Waals surface area contributed by atoms with Crippen LogP contribution in [0.1, 0.15) is 51.9 Å². The van der Waals surface area contributed by atoms with Crippen molar-refractivity contribution in [2.75, 3.05) is 14.1 Å². The predicted octanol–water partition coefficient (Wildman–Crippen LogP) is 4.26. The van der Waals surface area contributed by atoms with Crippen LogP contribution in [0.5, 0.6) is 0 Å². The molecule has 0 saturated carbocycles. The standard InChI is InChI=1S/C11H14O.C6H15N/c1-11(2,3)10(12)9-7-5-4-6-8-9;1-6(2,3)7(4)5/h4-8H,1-3H3;1-5H3.